The van der Waals surface area contributed by atoms with Crippen LogP contribution in [0.1, 0.15) is 34.8 Å². The van der Waals surface area contributed by atoms with Gasteiger partial charge in [0.05, 0.1) is 0 Å². The second kappa shape index (κ2) is 10.4. The summed E-state index contributed by atoms with van der Waals surface area (Å²) < 4.78 is 6.45. The van der Waals surface area contributed by atoms with Crippen LogP contribution < -0.4 is 15.3 Å². The lowest BCUT2D eigenvalue weighted by molar-refractivity contribution is 0.101. The van der Waals surface area contributed by atoms with Crippen LogP contribution in [0.5, 0.6) is 5.75 Å². The molecule has 3 aromatic carbocycles. The molecule has 3 heteroatoms. The largest absolute Gasteiger partial charge is 0.488 e. The van der Waals surface area contributed by atoms with E-state index in [1.807, 2.05) is 36.4 Å². The van der Waals surface area contributed by atoms with Gasteiger partial charge < -0.3 is 4.74 Å². The Kier molecular flexibility index (Phi) is 7.12. The van der Waals surface area contributed by atoms with E-state index in [4.69, 9.17) is 4.74 Å². The predicted molar refractivity (Wildman–Crippen MR) is 131 cm³/mol. The second-order valence-electron chi connectivity index (χ2n) is 7.81. The van der Waals surface area contributed by atoms with E-state index in [2.05, 4.69) is 60.7 Å². The molecule has 3 aromatic rings. The van der Waals surface area contributed by atoms with Gasteiger partial charge in [0.15, 0.2) is 5.78 Å². The van der Waals surface area contributed by atoms with Gasteiger partial charge >= 0.3 is 0 Å². The van der Waals surface area contributed by atoms with Crippen molar-refractivity contribution >= 4 is 25.0 Å². The SMILES string of the molecule is CC(=O)c1ccccc1Pc1cccc(CC2C=CC=CC2)c1OCc1ccccc1. The maximum atomic E-state index is 12.1. The quantitative estimate of drug-likeness (QED) is 0.338. The van der Waals surface area contributed by atoms with Crippen molar-refractivity contribution in [1.29, 1.82) is 0 Å². The lowest BCUT2D eigenvalue weighted by atomic mass is 9.93. The van der Waals surface area contributed by atoms with Crippen molar-refractivity contribution in [1.82, 2.24) is 0 Å². The van der Waals surface area contributed by atoms with Crippen LogP contribution in [0, 0.1) is 5.92 Å². The van der Waals surface area contributed by atoms with E-state index in [-0.39, 0.29) is 5.78 Å². The number of para-hydroxylation sites is 1. The summed E-state index contributed by atoms with van der Waals surface area (Å²) in [6.07, 6.45) is 10.7. The first-order valence-corrected chi connectivity index (χ1v) is 11.7. The van der Waals surface area contributed by atoms with Crippen LogP contribution in [0.3, 0.4) is 0 Å². The summed E-state index contributed by atoms with van der Waals surface area (Å²) in [5.41, 5.74) is 3.17. The van der Waals surface area contributed by atoms with E-state index in [0.29, 0.717) is 21.1 Å². The number of allylic oxidation sites excluding steroid dienone is 4. The first-order chi connectivity index (χ1) is 15.2. The molecule has 2 atom stereocenters. The minimum Gasteiger partial charge on any atom is -0.488 e. The average Bonchev–Trinajstić information content (AvgIpc) is 2.80. The van der Waals surface area contributed by atoms with Crippen molar-refractivity contribution in [3.8, 4) is 5.75 Å². The van der Waals surface area contributed by atoms with Crippen LogP contribution in [0.4, 0.5) is 0 Å². The van der Waals surface area contributed by atoms with Gasteiger partial charge in [0, 0.05) is 10.9 Å². The van der Waals surface area contributed by atoms with Crippen molar-refractivity contribution in [3.63, 3.8) is 0 Å². The molecule has 0 N–H and O–H groups in total. The Balaban J connectivity index is 1.66. The molecule has 0 amide bonds. The number of ketones is 1. The summed E-state index contributed by atoms with van der Waals surface area (Å²) in [6, 6.07) is 24.6. The highest BCUT2D eigenvalue weighted by Gasteiger charge is 2.16. The smallest absolute Gasteiger partial charge is 0.160 e. The standard InChI is InChI=1S/C28H27O2P/c1-21(29)25-16-8-9-17-26(25)31-27-18-10-15-24(19-22-11-4-2-5-12-22)28(27)30-20-23-13-6-3-7-14-23/h2-11,13-18,22,31H,12,19-20H2,1H3. The summed E-state index contributed by atoms with van der Waals surface area (Å²) in [7, 11) is 0.365. The Labute approximate surface area is 186 Å². The fourth-order valence-corrected chi connectivity index (χ4v) is 5.24. The number of ether oxygens (including phenoxy) is 1. The van der Waals surface area contributed by atoms with Crippen LogP contribution in [0.15, 0.2) is 97.1 Å². The molecule has 0 heterocycles. The minimum absolute atomic E-state index is 0.102. The monoisotopic (exact) mass is 426 g/mol. The fourth-order valence-electron chi connectivity index (χ4n) is 3.85. The summed E-state index contributed by atoms with van der Waals surface area (Å²) in [6.45, 7) is 2.17. The maximum Gasteiger partial charge on any atom is 0.160 e. The van der Waals surface area contributed by atoms with E-state index >= 15 is 0 Å². The normalized spacial score (nSPS) is 15.5. The van der Waals surface area contributed by atoms with Gasteiger partial charge in [-0.15, -0.1) is 0 Å². The zero-order valence-electron chi connectivity index (χ0n) is 17.8. The third kappa shape index (κ3) is 5.60. The van der Waals surface area contributed by atoms with Crippen molar-refractivity contribution in [2.75, 3.05) is 0 Å². The van der Waals surface area contributed by atoms with E-state index in [1.165, 1.54) is 5.56 Å². The number of Topliss-reactive ketones (excluding diaryl/α,β-unsaturated/α-hetero) is 1. The number of rotatable bonds is 8. The average molecular weight is 426 g/mol. The lowest BCUT2D eigenvalue weighted by Gasteiger charge is -2.20. The van der Waals surface area contributed by atoms with Crippen molar-refractivity contribution in [3.05, 3.63) is 114 Å². The highest BCUT2D eigenvalue weighted by atomic mass is 31.1. The Morgan fingerprint density at radius 2 is 1.71 bits per heavy atom. The summed E-state index contributed by atoms with van der Waals surface area (Å²) in [5, 5.41) is 2.22. The molecule has 0 radical (unpaired) electrons. The molecule has 0 aliphatic heterocycles. The summed E-state index contributed by atoms with van der Waals surface area (Å²) in [5.74, 6) is 1.54. The molecule has 0 spiro atoms. The van der Waals surface area contributed by atoms with Gasteiger partial charge in [-0.1, -0.05) is 106 Å². The Morgan fingerprint density at radius 3 is 2.48 bits per heavy atom. The van der Waals surface area contributed by atoms with E-state index in [9.17, 15) is 4.79 Å². The molecule has 2 unspecified atom stereocenters. The molecule has 0 saturated carbocycles. The van der Waals surface area contributed by atoms with Gasteiger partial charge in [-0.05, 0) is 42.1 Å². The molecule has 4 rings (SSSR count). The molecule has 2 nitrogen and oxygen atoms in total. The zero-order valence-corrected chi connectivity index (χ0v) is 18.8. The Morgan fingerprint density at radius 1 is 0.935 bits per heavy atom. The second-order valence-corrected chi connectivity index (χ2v) is 9.14. The number of hydrogen-bond donors (Lipinski definition) is 0. The first kappa shape index (κ1) is 21.3. The van der Waals surface area contributed by atoms with E-state index in [0.717, 1.165) is 40.3 Å². The number of carbonyl (C=O) groups is 1. The maximum absolute atomic E-state index is 12.1. The van der Waals surface area contributed by atoms with Gasteiger partial charge in [-0.2, -0.15) is 0 Å². The van der Waals surface area contributed by atoms with Crippen LogP contribution >= 0.6 is 8.58 Å². The molecule has 0 bridgehead atoms. The van der Waals surface area contributed by atoms with Crippen LogP contribution in [0.25, 0.3) is 0 Å². The Bertz CT molecular complexity index is 1100. The van der Waals surface area contributed by atoms with Crippen LogP contribution in [0.2, 0.25) is 0 Å². The molecule has 0 fully saturated rings. The van der Waals surface area contributed by atoms with Crippen molar-refractivity contribution in [2.24, 2.45) is 5.92 Å². The van der Waals surface area contributed by atoms with Crippen LogP contribution in [-0.2, 0) is 13.0 Å². The van der Waals surface area contributed by atoms with Gasteiger partial charge in [-0.25, -0.2) is 0 Å². The number of benzene rings is 3. The fraction of sp³-hybridized carbons (Fsp3) is 0.179. The third-order valence-electron chi connectivity index (χ3n) is 5.45. The highest BCUT2D eigenvalue weighted by molar-refractivity contribution is 7.56. The van der Waals surface area contributed by atoms with Gasteiger partial charge in [-0.3, -0.25) is 4.79 Å². The predicted octanol–water partition coefficient (Wildman–Crippen LogP) is 5.77. The summed E-state index contributed by atoms with van der Waals surface area (Å²) in [4.78, 5) is 12.1. The van der Waals surface area contributed by atoms with Crippen LogP contribution in [-0.4, -0.2) is 5.78 Å². The molecule has 0 aromatic heterocycles. The van der Waals surface area contributed by atoms with Gasteiger partial charge in [0.25, 0.3) is 0 Å². The molecule has 1 aliphatic rings. The first-order valence-electron chi connectivity index (χ1n) is 10.7. The van der Waals surface area contributed by atoms with Gasteiger partial charge in [0.2, 0.25) is 0 Å². The molecule has 156 valence electrons. The molecule has 31 heavy (non-hydrogen) atoms. The van der Waals surface area contributed by atoms with Gasteiger partial charge in [0.1, 0.15) is 12.4 Å². The topological polar surface area (TPSA) is 26.3 Å². The van der Waals surface area contributed by atoms with Crippen molar-refractivity contribution in [2.45, 2.75) is 26.4 Å². The van der Waals surface area contributed by atoms with Crippen molar-refractivity contribution < 1.29 is 9.53 Å². The van der Waals surface area contributed by atoms with E-state index < -0.39 is 0 Å². The molecular weight excluding hydrogens is 399 g/mol. The minimum atomic E-state index is 0.102. The lowest BCUT2D eigenvalue weighted by Crippen LogP contribution is -2.16. The molecular formula is C28H27O2P. The highest BCUT2D eigenvalue weighted by Crippen LogP contribution is 2.29. The van der Waals surface area contributed by atoms with E-state index in [1.54, 1.807) is 6.92 Å². The molecule has 1 aliphatic carbocycles. The third-order valence-corrected chi connectivity index (χ3v) is 6.82. The molecule has 0 saturated heterocycles. The number of carbonyl (C=O) groups excluding carboxylic acids is 1. The number of hydrogen-bond acceptors (Lipinski definition) is 2. The Hall–Kier alpha value is -2.96. The summed E-state index contributed by atoms with van der Waals surface area (Å²) >= 11 is 0. The zero-order chi connectivity index (χ0) is 21.5.